The average Bonchev–Trinajstić information content (AvgIpc) is 2.48. The molecule has 0 radical (unpaired) electrons. The summed E-state index contributed by atoms with van der Waals surface area (Å²) in [7, 11) is 2.16. The van der Waals surface area contributed by atoms with Gasteiger partial charge in [-0.25, -0.2) is 0 Å². The minimum absolute atomic E-state index is 0.172. The molecule has 1 saturated heterocycles. The molecular formula is C15H21N2O3+. The van der Waals surface area contributed by atoms with Gasteiger partial charge in [-0.15, -0.1) is 0 Å². The van der Waals surface area contributed by atoms with E-state index in [1.165, 1.54) is 4.90 Å². The van der Waals surface area contributed by atoms with Crippen LogP contribution in [0, 0.1) is 0 Å². The van der Waals surface area contributed by atoms with E-state index in [4.69, 9.17) is 9.47 Å². The number of benzene rings is 1. The molecule has 0 saturated carbocycles. The first kappa shape index (κ1) is 13.2. The Morgan fingerprint density at radius 3 is 2.75 bits per heavy atom. The smallest absolute Gasteiger partial charge is 0.226 e. The third kappa shape index (κ3) is 2.88. The van der Waals surface area contributed by atoms with Crippen molar-refractivity contribution in [1.82, 2.24) is 4.90 Å². The van der Waals surface area contributed by atoms with E-state index in [9.17, 15) is 4.79 Å². The SMILES string of the molecule is C[NH+]1CCN(C(=O)C[C@H]2COc3ccccc3O2)CC1. The number of para-hydroxylation sites is 2. The highest BCUT2D eigenvalue weighted by atomic mass is 16.6. The summed E-state index contributed by atoms with van der Waals surface area (Å²) < 4.78 is 11.5. The van der Waals surface area contributed by atoms with Gasteiger partial charge in [-0.1, -0.05) is 12.1 Å². The second kappa shape index (κ2) is 5.71. The highest BCUT2D eigenvalue weighted by molar-refractivity contribution is 5.76. The molecule has 1 aromatic carbocycles. The van der Waals surface area contributed by atoms with E-state index in [1.54, 1.807) is 0 Å². The molecule has 0 aliphatic carbocycles. The number of rotatable bonds is 2. The number of quaternary nitrogens is 1. The summed E-state index contributed by atoms with van der Waals surface area (Å²) in [5.41, 5.74) is 0. The Labute approximate surface area is 119 Å². The number of likely N-dealkylation sites (N-methyl/N-ethyl adjacent to an activating group) is 1. The molecule has 0 unspecified atom stereocenters. The van der Waals surface area contributed by atoms with Gasteiger partial charge in [-0.3, -0.25) is 4.79 Å². The molecule has 0 aromatic heterocycles. The fourth-order valence-electron chi connectivity index (χ4n) is 2.63. The van der Waals surface area contributed by atoms with Gasteiger partial charge in [-0.05, 0) is 12.1 Å². The van der Waals surface area contributed by atoms with Crippen LogP contribution in [-0.4, -0.2) is 56.7 Å². The number of piperazine rings is 1. The van der Waals surface area contributed by atoms with Crippen molar-refractivity contribution in [2.24, 2.45) is 0 Å². The van der Waals surface area contributed by atoms with Gasteiger partial charge in [-0.2, -0.15) is 0 Å². The maximum Gasteiger partial charge on any atom is 0.226 e. The molecule has 1 aromatic rings. The van der Waals surface area contributed by atoms with Crippen LogP contribution in [0.3, 0.4) is 0 Å². The van der Waals surface area contributed by atoms with Crippen molar-refractivity contribution in [2.75, 3.05) is 39.8 Å². The number of hydrogen-bond donors (Lipinski definition) is 1. The maximum absolute atomic E-state index is 12.3. The van der Waals surface area contributed by atoms with Crippen molar-refractivity contribution in [1.29, 1.82) is 0 Å². The van der Waals surface area contributed by atoms with Crippen LogP contribution in [0.15, 0.2) is 24.3 Å². The molecule has 1 amide bonds. The molecule has 0 spiro atoms. The van der Waals surface area contributed by atoms with Gasteiger partial charge in [0.1, 0.15) is 12.7 Å². The largest absolute Gasteiger partial charge is 0.486 e. The van der Waals surface area contributed by atoms with E-state index in [0.29, 0.717) is 13.0 Å². The summed E-state index contributed by atoms with van der Waals surface area (Å²) in [5.74, 6) is 1.67. The van der Waals surface area contributed by atoms with Crippen molar-refractivity contribution in [3.63, 3.8) is 0 Å². The molecule has 2 heterocycles. The van der Waals surface area contributed by atoms with Crippen LogP contribution in [-0.2, 0) is 4.79 Å². The molecular weight excluding hydrogens is 256 g/mol. The molecule has 1 atom stereocenters. The highest BCUT2D eigenvalue weighted by Gasteiger charge is 2.27. The number of nitrogens with one attached hydrogen (secondary N) is 1. The number of fused-ring (bicyclic) bond motifs is 1. The van der Waals surface area contributed by atoms with Gasteiger partial charge in [0.15, 0.2) is 11.5 Å². The summed E-state index contributed by atoms with van der Waals surface area (Å²) in [6.07, 6.45) is 0.220. The molecule has 5 heteroatoms. The van der Waals surface area contributed by atoms with E-state index in [0.717, 1.165) is 37.7 Å². The molecule has 2 aliphatic heterocycles. The number of carbonyl (C=O) groups excluding carboxylic acids is 1. The second-order valence-electron chi connectivity index (χ2n) is 5.54. The number of amides is 1. The highest BCUT2D eigenvalue weighted by Crippen LogP contribution is 2.31. The van der Waals surface area contributed by atoms with Gasteiger partial charge in [0.25, 0.3) is 0 Å². The van der Waals surface area contributed by atoms with E-state index < -0.39 is 0 Å². The van der Waals surface area contributed by atoms with E-state index in [2.05, 4.69) is 7.05 Å². The van der Waals surface area contributed by atoms with Crippen LogP contribution in [0.4, 0.5) is 0 Å². The summed E-state index contributed by atoms with van der Waals surface area (Å²) >= 11 is 0. The normalized spacial score (nSPS) is 22.6. The third-order valence-electron chi connectivity index (χ3n) is 3.94. The van der Waals surface area contributed by atoms with Crippen LogP contribution in [0.5, 0.6) is 11.5 Å². The fraction of sp³-hybridized carbons (Fsp3) is 0.533. The van der Waals surface area contributed by atoms with E-state index in [-0.39, 0.29) is 12.0 Å². The lowest BCUT2D eigenvalue weighted by atomic mass is 10.2. The van der Waals surface area contributed by atoms with Crippen molar-refractivity contribution in [3.05, 3.63) is 24.3 Å². The Morgan fingerprint density at radius 2 is 2.00 bits per heavy atom. The van der Waals surface area contributed by atoms with E-state index in [1.807, 2.05) is 29.2 Å². The van der Waals surface area contributed by atoms with Gasteiger partial charge in [0.2, 0.25) is 5.91 Å². The number of nitrogens with zero attached hydrogens (tertiary/aromatic N) is 1. The van der Waals surface area contributed by atoms with Gasteiger partial charge in [0.05, 0.1) is 39.6 Å². The standard InChI is InChI=1S/C15H20N2O3/c1-16-6-8-17(9-7-16)15(18)10-12-11-19-13-4-2-3-5-14(13)20-12/h2-5,12H,6-11H2,1H3/p+1/t12-/m0/s1. The Kier molecular flexibility index (Phi) is 3.78. The Hall–Kier alpha value is -1.75. The zero-order valence-electron chi connectivity index (χ0n) is 11.8. The molecule has 0 bridgehead atoms. The monoisotopic (exact) mass is 277 g/mol. The minimum Gasteiger partial charge on any atom is -0.486 e. The summed E-state index contributed by atoms with van der Waals surface area (Å²) in [5, 5.41) is 0. The zero-order valence-corrected chi connectivity index (χ0v) is 11.8. The quantitative estimate of drug-likeness (QED) is 0.798. The first-order valence-corrected chi connectivity index (χ1v) is 7.20. The molecule has 20 heavy (non-hydrogen) atoms. The zero-order chi connectivity index (χ0) is 13.9. The molecule has 1 N–H and O–H groups in total. The fourth-order valence-corrected chi connectivity index (χ4v) is 2.63. The number of carbonyl (C=O) groups is 1. The predicted molar refractivity (Wildman–Crippen MR) is 74.2 cm³/mol. The number of ether oxygens (including phenoxy) is 2. The number of hydrogen-bond acceptors (Lipinski definition) is 3. The molecule has 108 valence electrons. The van der Waals surface area contributed by atoms with Crippen LogP contribution in [0.25, 0.3) is 0 Å². The third-order valence-corrected chi connectivity index (χ3v) is 3.94. The molecule has 3 rings (SSSR count). The van der Waals surface area contributed by atoms with E-state index >= 15 is 0 Å². The van der Waals surface area contributed by atoms with Crippen molar-refractivity contribution in [3.8, 4) is 11.5 Å². The lowest BCUT2D eigenvalue weighted by molar-refractivity contribution is -0.883. The minimum atomic E-state index is -0.176. The summed E-state index contributed by atoms with van der Waals surface area (Å²) in [4.78, 5) is 15.7. The van der Waals surface area contributed by atoms with Crippen molar-refractivity contribution in [2.45, 2.75) is 12.5 Å². The predicted octanol–water partition coefficient (Wildman–Crippen LogP) is -0.427. The Bertz CT molecular complexity index is 484. The van der Waals surface area contributed by atoms with Crippen molar-refractivity contribution < 1.29 is 19.2 Å². The summed E-state index contributed by atoms with van der Waals surface area (Å²) in [6.45, 7) is 4.18. The molecule has 5 nitrogen and oxygen atoms in total. The van der Waals surface area contributed by atoms with Gasteiger partial charge in [0, 0.05) is 0 Å². The van der Waals surface area contributed by atoms with Crippen molar-refractivity contribution >= 4 is 5.91 Å². The second-order valence-corrected chi connectivity index (χ2v) is 5.54. The van der Waals surface area contributed by atoms with Crippen LogP contribution >= 0.6 is 0 Å². The summed E-state index contributed by atoms with van der Waals surface area (Å²) in [6, 6.07) is 7.59. The van der Waals surface area contributed by atoms with Gasteiger partial charge < -0.3 is 19.3 Å². The van der Waals surface area contributed by atoms with Crippen LogP contribution in [0.2, 0.25) is 0 Å². The van der Waals surface area contributed by atoms with Crippen LogP contribution < -0.4 is 14.4 Å². The lowest BCUT2D eigenvalue weighted by Gasteiger charge is -2.32. The average molecular weight is 277 g/mol. The Balaban J connectivity index is 1.55. The molecule has 2 aliphatic rings. The molecule has 1 fully saturated rings. The Morgan fingerprint density at radius 1 is 1.30 bits per heavy atom. The lowest BCUT2D eigenvalue weighted by Crippen LogP contribution is -3.12. The van der Waals surface area contributed by atoms with Crippen LogP contribution in [0.1, 0.15) is 6.42 Å². The maximum atomic E-state index is 12.3. The van der Waals surface area contributed by atoms with Gasteiger partial charge >= 0.3 is 0 Å². The first-order valence-electron chi connectivity index (χ1n) is 7.20. The first-order chi connectivity index (χ1) is 9.72. The topological polar surface area (TPSA) is 43.2 Å².